The number of carbonyl (C=O) groups is 1. The van der Waals surface area contributed by atoms with Gasteiger partial charge in [-0.1, -0.05) is 45.2 Å². The lowest BCUT2D eigenvalue weighted by atomic mass is 10.1. The van der Waals surface area contributed by atoms with Gasteiger partial charge in [0.15, 0.2) is 5.75 Å². The van der Waals surface area contributed by atoms with Crippen molar-refractivity contribution in [3.63, 3.8) is 0 Å². The van der Waals surface area contributed by atoms with E-state index in [1.165, 1.54) is 0 Å². The standard InChI is InChI=1S/C16H15BrClNO2/c1-9-4-5-14(11(3)6-9)19-16(20)21-15-7-10(2)12(17)8-13(15)18/h4-8H,1-3H3,(H,19,20). The van der Waals surface area contributed by atoms with Crippen molar-refractivity contribution in [1.82, 2.24) is 0 Å². The number of hydrogen-bond donors (Lipinski definition) is 1. The van der Waals surface area contributed by atoms with Gasteiger partial charge in [-0.2, -0.15) is 0 Å². The molecule has 0 radical (unpaired) electrons. The number of nitrogens with one attached hydrogen (secondary N) is 1. The van der Waals surface area contributed by atoms with Crippen molar-refractivity contribution in [2.75, 3.05) is 5.32 Å². The smallest absolute Gasteiger partial charge is 0.408 e. The largest absolute Gasteiger partial charge is 0.417 e. The Morgan fingerprint density at radius 2 is 1.86 bits per heavy atom. The van der Waals surface area contributed by atoms with Gasteiger partial charge in [0.05, 0.1) is 5.02 Å². The van der Waals surface area contributed by atoms with Crippen molar-refractivity contribution < 1.29 is 9.53 Å². The second kappa shape index (κ2) is 6.50. The highest BCUT2D eigenvalue weighted by Crippen LogP contribution is 2.31. The second-order valence-corrected chi connectivity index (χ2v) is 6.13. The molecular weight excluding hydrogens is 354 g/mol. The number of benzene rings is 2. The second-order valence-electron chi connectivity index (χ2n) is 4.86. The first-order chi connectivity index (χ1) is 9.86. The summed E-state index contributed by atoms with van der Waals surface area (Å²) < 4.78 is 6.14. The third-order valence-corrected chi connectivity index (χ3v) is 4.18. The molecule has 0 spiro atoms. The Morgan fingerprint density at radius 1 is 1.14 bits per heavy atom. The van der Waals surface area contributed by atoms with Crippen LogP contribution >= 0.6 is 27.5 Å². The van der Waals surface area contributed by atoms with Crippen molar-refractivity contribution >= 4 is 39.3 Å². The van der Waals surface area contributed by atoms with Gasteiger partial charge >= 0.3 is 6.09 Å². The van der Waals surface area contributed by atoms with E-state index in [0.717, 1.165) is 26.9 Å². The summed E-state index contributed by atoms with van der Waals surface area (Å²) in [5.41, 5.74) is 3.77. The fourth-order valence-corrected chi connectivity index (χ4v) is 2.58. The Morgan fingerprint density at radius 3 is 2.52 bits per heavy atom. The van der Waals surface area contributed by atoms with Crippen LogP contribution in [0.1, 0.15) is 16.7 Å². The number of carbonyl (C=O) groups excluding carboxylic acids is 1. The van der Waals surface area contributed by atoms with Crippen LogP contribution in [0.25, 0.3) is 0 Å². The topological polar surface area (TPSA) is 38.3 Å². The van der Waals surface area contributed by atoms with Crippen LogP contribution in [-0.4, -0.2) is 6.09 Å². The number of halogens is 2. The summed E-state index contributed by atoms with van der Waals surface area (Å²) in [7, 11) is 0. The third-order valence-electron chi connectivity index (χ3n) is 3.03. The van der Waals surface area contributed by atoms with Gasteiger partial charge in [0.2, 0.25) is 0 Å². The first-order valence-electron chi connectivity index (χ1n) is 6.38. The Bertz CT molecular complexity index is 701. The van der Waals surface area contributed by atoms with E-state index in [4.69, 9.17) is 16.3 Å². The molecular formula is C16H15BrClNO2. The Labute approximate surface area is 137 Å². The van der Waals surface area contributed by atoms with Crippen molar-refractivity contribution in [3.8, 4) is 5.75 Å². The number of anilines is 1. The zero-order valence-corrected chi connectivity index (χ0v) is 14.3. The molecule has 2 aromatic carbocycles. The molecule has 0 aliphatic carbocycles. The Hall–Kier alpha value is -1.52. The lowest BCUT2D eigenvalue weighted by molar-refractivity contribution is 0.215. The Balaban J connectivity index is 2.13. The molecule has 21 heavy (non-hydrogen) atoms. The number of ether oxygens (including phenoxy) is 1. The summed E-state index contributed by atoms with van der Waals surface area (Å²) in [5, 5.41) is 3.09. The van der Waals surface area contributed by atoms with Crippen LogP contribution in [-0.2, 0) is 0 Å². The first kappa shape index (κ1) is 15.9. The van der Waals surface area contributed by atoms with Gasteiger partial charge in [-0.25, -0.2) is 4.79 Å². The van der Waals surface area contributed by atoms with Crippen LogP contribution in [0.15, 0.2) is 34.8 Å². The molecule has 0 saturated carbocycles. The fraction of sp³-hybridized carbons (Fsp3) is 0.188. The molecule has 0 fully saturated rings. The molecule has 2 rings (SSSR count). The molecule has 0 aromatic heterocycles. The van der Waals surface area contributed by atoms with Crippen LogP contribution in [0.2, 0.25) is 5.02 Å². The molecule has 5 heteroatoms. The summed E-state index contributed by atoms with van der Waals surface area (Å²) >= 11 is 9.44. The van der Waals surface area contributed by atoms with E-state index in [9.17, 15) is 4.79 Å². The number of amides is 1. The van der Waals surface area contributed by atoms with Crippen LogP contribution < -0.4 is 10.1 Å². The molecule has 2 aromatic rings. The first-order valence-corrected chi connectivity index (χ1v) is 7.55. The summed E-state index contributed by atoms with van der Waals surface area (Å²) in [4.78, 5) is 12.0. The van der Waals surface area contributed by atoms with E-state index in [1.807, 2.05) is 39.0 Å². The minimum atomic E-state index is -0.564. The minimum Gasteiger partial charge on any atom is -0.408 e. The van der Waals surface area contributed by atoms with E-state index in [1.54, 1.807) is 12.1 Å². The molecule has 1 N–H and O–H groups in total. The molecule has 0 aliphatic heterocycles. The van der Waals surface area contributed by atoms with E-state index in [-0.39, 0.29) is 0 Å². The molecule has 0 unspecified atom stereocenters. The van der Waals surface area contributed by atoms with E-state index < -0.39 is 6.09 Å². The van der Waals surface area contributed by atoms with Gasteiger partial charge < -0.3 is 4.74 Å². The number of rotatable bonds is 2. The SMILES string of the molecule is Cc1ccc(NC(=O)Oc2cc(C)c(Br)cc2Cl)c(C)c1. The molecule has 1 amide bonds. The summed E-state index contributed by atoms with van der Waals surface area (Å²) in [6.45, 7) is 5.83. The zero-order valence-electron chi connectivity index (χ0n) is 12.0. The van der Waals surface area contributed by atoms with Crippen LogP contribution in [0.3, 0.4) is 0 Å². The summed E-state index contributed by atoms with van der Waals surface area (Å²) in [5.74, 6) is 0.333. The molecule has 0 saturated heterocycles. The molecule has 3 nitrogen and oxygen atoms in total. The molecule has 110 valence electrons. The predicted octanol–water partition coefficient (Wildman–Crippen LogP) is 5.64. The highest BCUT2D eigenvalue weighted by Gasteiger charge is 2.11. The van der Waals surface area contributed by atoms with Crippen molar-refractivity contribution in [2.24, 2.45) is 0 Å². The van der Waals surface area contributed by atoms with Gasteiger partial charge in [-0.15, -0.1) is 0 Å². The minimum absolute atomic E-state index is 0.333. The number of aryl methyl sites for hydroxylation is 3. The maximum absolute atomic E-state index is 12.0. The Kier molecular flexibility index (Phi) is 4.91. The molecule has 0 heterocycles. The van der Waals surface area contributed by atoms with E-state index in [0.29, 0.717) is 10.8 Å². The van der Waals surface area contributed by atoms with Crippen molar-refractivity contribution in [3.05, 3.63) is 56.5 Å². The van der Waals surface area contributed by atoms with E-state index in [2.05, 4.69) is 21.2 Å². The maximum Gasteiger partial charge on any atom is 0.417 e. The van der Waals surface area contributed by atoms with Gasteiger partial charge in [0.1, 0.15) is 0 Å². The average Bonchev–Trinajstić information content (AvgIpc) is 2.39. The van der Waals surface area contributed by atoms with Gasteiger partial charge in [-0.05, 0) is 50.1 Å². The summed E-state index contributed by atoms with van der Waals surface area (Å²) in [6, 6.07) is 9.19. The van der Waals surface area contributed by atoms with Gasteiger partial charge in [-0.3, -0.25) is 5.32 Å². The fourth-order valence-electron chi connectivity index (χ4n) is 1.90. The van der Waals surface area contributed by atoms with Crippen LogP contribution in [0, 0.1) is 20.8 Å². The van der Waals surface area contributed by atoms with Gasteiger partial charge in [0, 0.05) is 10.2 Å². The van der Waals surface area contributed by atoms with Crippen LogP contribution in [0.4, 0.5) is 10.5 Å². The van der Waals surface area contributed by atoms with Crippen LogP contribution in [0.5, 0.6) is 5.75 Å². The quantitative estimate of drug-likeness (QED) is 0.745. The highest BCUT2D eigenvalue weighted by atomic mass is 79.9. The molecule has 0 aliphatic rings. The zero-order chi connectivity index (χ0) is 15.6. The third kappa shape index (κ3) is 3.99. The monoisotopic (exact) mass is 367 g/mol. The van der Waals surface area contributed by atoms with Gasteiger partial charge in [0.25, 0.3) is 0 Å². The number of hydrogen-bond acceptors (Lipinski definition) is 2. The van der Waals surface area contributed by atoms with E-state index >= 15 is 0 Å². The maximum atomic E-state index is 12.0. The van der Waals surface area contributed by atoms with Crippen molar-refractivity contribution in [1.29, 1.82) is 0 Å². The summed E-state index contributed by atoms with van der Waals surface area (Å²) in [6.07, 6.45) is -0.564. The normalized spacial score (nSPS) is 10.3. The molecule has 0 atom stereocenters. The molecule has 0 bridgehead atoms. The lowest BCUT2D eigenvalue weighted by Gasteiger charge is -2.11. The lowest BCUT2D eigenvalue weighted by Crippen LogP contribution is -2.17. The average molecular weight is 369 g/mol. The predicted molar refractivity (Wildman–Crippen MR) is 89.5 cm³/mol. The highest BCUT2D eigenvalue weighted by molar-refractivity contribution is 9.10. The van der Waals surface area contributed by atoms with Crippen molar-refractivity contribution in [2.45, 2.75) is 20.8 Å².